The van der Waals surface area contributed by atoms with Crippen LogP contribution in [0.25, 0.3) is 11.5 Å². The van der Waals surface area contributed by atoms with Gasteiger partial charge in [-0.05, 0) is 62.4 Å². The Balaban J connectivity index is 1.50. The van der Waals surface area contributed by atoms with Gasteiger partial charge in [-0.25, -0.2) is 0 Å². The molecule has 1 aromatic heterocycles. The zero-order valence-electron chi connectivity index (χ0n) is 16.8. The second-order valence-corrected chi connectivity index (χ2v) is 7.70. The summed E-state index contributed by atoms with van der Waals surface area (Å²) in [5.74, 6) is 2.89. The summed E-state index contributed by atoms with van der Waals surface area (Å²) in [4.78, 5) is 2.44. The van der Waals surface area contributed by atoms with Crippen LogP contribution in [0.5, 0.6) is 5.75 Å². The lowest BCUT2D eigenvalue weighted by molar-refractivity contribution is 0.156. The minimum atomic E-state index is 0.483. The third kappa shape index (κ3) is 4.42. The molecule has 5 heteroatoms. The van der Waals surface area contributed by atoms with E-state index in [-0.39, 0.29) is 0 Å². The van der Waals surface area contributed by atoms with Gasteiger partial charge in [0.15, 0.2) is 0 Å². The van der Waals surface area contributed by atoms with Crippen molar-refractivity contribution in [2.45, 2.75) is 45.8 Å². The lowest BCUT2D eigenvalue weighted by Crippen LogP contribution is -2.33. The predicted molar refractivity (Wildman–Crippen MR) is 109 cm³/mol. The topological polar surface area (TPSA) is 51.4 Å². The molecule has 0 saturated heterocycles. The highest BCUT2D eigenvalue weighted by atomic mass is 16.5. The molecule has 3 aromatic rings. The third-order valence-electron chi connectivity index (χ3n) is 5.50. The number of methoxy groups -OCH3 is 1. The minimum Gasteiger partial charge on any atom is -0.497 e. The molecule has 5 nitrogen and oxygen atoms in total. The SMILES string of the molecule is COc1ccc(CN(Cc2nnc(-c3cccc(C)c3)o2)C(C)C2CC2)cc1. The van der Waals surface area contributed by atoms with E-state index in [0.717, 1.165) is 23.8 Å². The van der Waals surface area contributed by atoms with Crippen LogP contribution in [-0.4, -0.2) is 28.2 Å². The van der Waals surface area contributed by atoms with E-state index in [1.165, 1.54) is 24.0 Å². The molecule has 1 saturated carbocycles. The van der Waals surface area contributed by atoms with Crippen LogP contribution in [0.4, 0.5) is 0 Å². The summed E-state index contributed by atoms with van der Waals surface area (Å²) < 4.78 is 11.3. The highest BCUT2D eigenvalue weighted by Gasteiger charge is 2.32. The van der Waals surface area contributed by atoms with Crippen LogP contribution < -0.4 is 4.74 Å². The van der Waals surface area contributed by atoms with Gasteiger partial charge in [-0.2, -0.15) is 0 Å². The number of aryl methyl sites for hydroxylation is 1. The Kier molecular flexibility index (Phi) is 5.44. The standard InChI is InChI=1S/C23H27N3O2/c1-16-5-4-6-20(13-16)23-25-24-22(28-23)15-26(17(2)19-9-10-19)14-18-7-11-21(27-3)12-8-18/h4-8,11-13,17,19H,9-10,14-15H2,1-3H3. The molecular formula is C23H27N3O2. The zero-order chi connectivity index (χ0) is 19.5. The molecule has 28 heavy (non-hydrogen) atoms. The number of ether oxygens (including phenoxy) is 1. The van der Waals surface area contributed by atoms with Crippen LogP contribution in [0.3, 0.4) is 0 Å². The molecule has 1 atom stereocenters. The number of aromatic nitrogens is 2. The van der Waals surface area contributed by atoms with Crippen LogP contribution >= 0.6 is 0 Å². The van der Waals surface area contributed by atoms with E-state index >= 15 is 0 Å². The molecule has 0 spiro atoms. The van der Waals surface area contributed by atoms with Crippen LogP contribution in [0, 0.1) is 12.8 Å². The van der Waals surface area contributed by atoms with E-state index < -0.39 is 0 Å². The van der Waals surface area contributed by atoms with E-state index in [4.69, 9.17) is 9.15 Å². The largest absolute Gasteiger partial charge is 0.497 e. The Labute approximate surface area is 166 Å². The maximum Gasteiger partial charge on any atom is 0.247 e. The van der Waals surface area contributed by atoms with Gasteiger partial charge in [0, 0.05) is 18.2 Å². The summed E-state index contributed by atoms with van der Waals surface area (Å²) in [6.07, 6.45) is 2.61. The number of rotatable bonds is 8. The molecule has 4 rings (SSSR count). The molecule has 1 fully saturated rings. The molecule has 2 aromatic carbocycles. The molecule has 146 valence electrons. The first-order valence-corrected chi connectivity index (χ1v) is 9.89. The smallest absolute Gasteiger partial charge is 0.247 e. The average Bonchev–Trinajstić information content (AvgIpc) is 3.46. The number of hydrogen-bond donors (Lipinski definition) is 0. The lowest BCUT2D eigenvalue weighted by Gasteiger charge is -2.28. The van der Waals surface area contributed by atoms with Gasteiger partial charge in [0.05, 0.1) is 13.7 Å². The van der Waals surface area contributed by atoms with Crippen LogP contribution in [0.15, 0.2) is 52.9 Å². The van der Waals surface area contributed by atoms with Gasteiger partial charge >= 0.3 is 0 Å². The van der Waals surface area contributed by atoms with Crippen molar-refractivity contribution in [1.29, 1.82) is 0 Å². The summed E-state index contributed by atoms with van der Waals surface area (Å²) in [6.45, 7) is 5.88. The number of hydrogen-bond acceptors (Lipinski definition) is 5. The van der Waals surface area contributed by atoms with Crippen molar-refractivity contribution in [1.82, 2.24) is 15.1 Å². The van der Waals surface area contributed by atoms with E-state index in [0.29, 0.717) is 24.4 Å². The number of nitrogens with zero attached hydrogens (tertiary/aromatic N) is 3. The van der Waals surface area contributed by atoms with Gasteiger partial charge in [-0.1, -0.05) is 29.8 Å². The first-order valence-electron chi connectivity index (χ1n) is 9.89. The second kappa shape index (κ2) is 8.15. The third-order valence-corrected chi connectivity index (χ3v) is 5.50. The number of benzene rings is 2. The monoisotopic (exact) mass is 377 g/mol. The fourth-order valence-corrected chi connectivity index (χ4v) is 3.57. The molecule has 0 N–H and O–H groups in total. The normalized spacial score (nSPS) is 15.0. The summed E-state index contributed by atoms with van der Waals surface area (Å²) in [5, 5.41) is 8.59. The van der Waals surface area contributed by atoms with Gasteiger partial charge in [0.1, 0.15) is 5.75 Å². The summed E-state index contributed by atoms with van der Waals surface area (Å²) in [6, 6.07) is 16.9. The molecule has 0 radical (unpaired) electrons. The highest BCUT2D eigenvalue weighted by Crippen LogP contribution is 2.36. The Morgan fingerprint density at radius 2 is 1.89 bits per heavy atom. The Bertz CT molecular complexity index is 916. The summed E-state index contributed by atoms with van der Waals surface area (Å²) in [5.41, 5.74) is 3.41. The molecule has 1 aliphatic rings. The highest BCUT2D eigenvalue weighted by molar-refractivity contribution is 5.53. The van der Waals surface area contributed by atoms with Gasteiger partial charge in [-0.15, -0.1) is 10.2 Å². The fraction of sp³-hybridized carbons (Fsp3) is 0.391. The first-order chi connectivity index (χ1) is 13.6. The van der Waals surface area contributed by atoms with E-state index in [1.807, 2.05) is 24.3 Å². The molecule has 1 aliphatic carbocycles. The van der Waals surface area contributed by atoms with Crippen LogP contribution in [-0.2, 0) is 13.1 Å². The van der Waals surface area contributed by atoms with E-state index in [9.17, 15) is 0 Å². The van der Waals surface area contributed by atoms with Crippen molar-refractivity contribution >= 4 is 0 Å². The van der Waals surface area contributed by atoms with Gasteiger partial charge in [0.2, 0.25) is 11.8 Å². The van der Waals surface area contributed by atoms with Crippen LogP contribution in [0.1, 0.15) is 36.8 Å². The Hall–Kier alpha value is -2.66. The fourth-order valence-electron chi connectivity index (χ4n) is 3.57. The lowest BCUT2D eigenvalue weighted by atomic mass is 10.1. The molecule has 0 aliphatic heterocycles. The molecular weight excluding hydrogens is 350 g/mol. The molecule has 0 amide bonds. The van der Waals surface area contributed by atoms with Crippen molar-refractivity contribution < 1.29 is 9.15 Å². The van der Waals surface area contributed by atoms with Gasteiger partial charge < -0.3 is 9.15 Å². The maximum absolute atomic E-state index is 6.00. The quantitative estimate of drug-likeness (QED) is 0.561. The molecule has 1 unspecified atom stereocenters. The van der Waals surface area contributed by atoms with Crippen molar-refractivity contribution in [3.05, 3.63) is 65.5 Å². The minimum absolute atomic E-state index is 0.483. The second-order valence-electron chi connectivity index (χ2n) is 7.70. The Morgan fingerprint density at radius 1 is 1.11 bits per heavy atom. The van der Waals surface area contributed by atoms with Crippen molar-refractivity contribution in [3.63, 3.8) is 0 Å². The van der Waals surface area contributed by atoms with Crippen molar-refractivity contribution in [2.24, 2.45) is 5.92 Å². The predicted octanol–water partition coefficient (Wildman–Crippen LogP) is 4.85. The van der Waals surface area contributed by atoms with Crippen LogP contribution in [0.2, 0.25) is 0 Å². The zero-order valence-corrected chi connectivity index (χ0v) is 16.8. The van der Waals surface area contributed by atoms with E-state index in [2.05, 4.69) is 53.2 Å². The van der Waals surface area contributed by atoms with E-state index in [1.54, 1.807) is 7.11 Å². The van der Waals surface area contributed by atoms with Crippen molar-refractivity contribution in [3.8, 4) is 17.2 Å². The Morgan fingerprint density at radius 3 is 2.57 bits per heavy atom. The van der Waals surface area contributed by atoms with Gasteiger partial charge in [-0.3, -0.25) is 4.90 Å². The molecule has 1 heterocycles. The van der Waals surface area contributed by atoms with Gasteiger partial charge in [0.25, 0.3) is 0 Å². The summed E-state index contributed by atoms with van der Waals surface area (Å²) in [7, 11) is 1.69. The average molecular weight is 377 g/mol. The first kappa shape index (κ1) is 18.7. The maximum atomic E-state index is 6.00. The molecule has 0 bridgehead atoms. The summed E-state index contributed by atoms with van der Waals surface area (Å²) >= 11 is 0. The van der Waals surface area contributed by atoms with Crippen molar-refractivity contribution in [2.75, 3.05) is 7.11 Å².